The van der Waals surface area contributed by atoms with Gasteiger partial charge in [0.15, 0.2) is 11.5 Å². The lowest BCUT2D eigenvalue weighted by Crippen LogP contribution is -2.00. The Morgan fingerprint density at radius 1 is 1.10 bits per heavy atom. The molecule has 0 aliphatic heterocycles. The number of rotatable bonds is 4. The van der Waals surface area contributed by atoms with Gasteiger partial charge in [-0.3, -0.25) is 0 Å². The highest BCUT2D eigenvalue weighted by molar-refractivity contribution is 5.56. The summed E-state index contributed by atoms with van der Waals surface area (Å²) in [5.74, 6) is 0.498. The first kappa shape index (κ1) is 14.2. The van der Waals surface area contributed by atoms with Crippen LogP contribution in [-0.2, 0) is 6.54 Å². The number of nitrogens with zero attached hydrogens (tertiary/aromatic N) is 2. The molecule has 0 amide bonds. The van der Waals surface area contributed by atoms with E-state index < -0.39 is 0 Å². The van der Waals surface area contributed by atoms with Crippen molar-refractivity contribution in [2.75, 3.05) is 12.4 Å². The van der Waals surface area contributed by atoms with Gasteiger partial charge in [-0.2, -0.15) is 10.5 Å². The van der Waals surface area contributed by atoms with Crippen molar-refractivity contribution in [3.63, 3.8) is 0 Å². The molecule has 0 aliphatic rings. The summed E-state index contributed by atoms with van der Waals surface area (Å²) in [7, 11) is 1.49. The number of hydrogen-bond donors (Lipinski definition) is 2. The second-order valence-corrected chi connectivity index (χ2v) is 4.34. The van der Waals surface area contributed by atoms with Crippen LogP contribution in [-0.4, -0.2) is 12.2 Å². The number of anilines is 1. The van der Waals surface area contributed by atoms with E-state index in [1.165, 1.54) is 7.11 Å². The van der Waals surface area contributed by atoms with Crippen molar-refractivity contribution in [3.05, 3.63) is 53.1 Å². The topological polar surface area (TPSA) is 89.1 Å². The Balaban J connectivity index is 2.14. The predicted molar refractivity (Wildman–Crippen MR) is 77.9 cm³/mol. The molecular formula is C16H13N3O2. The lowest BCUT2D eigenvalue weighted by atomic mass is 10.1. The quantitative estimate of drug-likeness (QED) is 0.898. The minimum absolute atomic E-state index is 0.0892. The van der Waals surface area contributed by atoms with Crippen LogP contribution in [0.4, 0.5) is 5.69 Å². The van der Waals surface area contributed by atoms with Gasteiger partial charge in [-0.15, -0.1) is 0 Å². The smallest absolute Gasteiger partial charge is 0.160 e. The standard InChI is InChI=1S/C16H13N3O2/c1-21-16-6-11(2-5-15(16)20)10-19-14-4-3-12(8-17)13(7-14)9-18/h2-7,19-20H,10H2,1H3. The molecule has 0 radical (unpaired) electrons. The number of aromatic hydroxyl groups is 1. The molecule has 0 spiro atoms. The van der Waals surface area contributed by atoms with Crippen LogP contribution in [0.25, 0.3) is 0 Å². The molecule has 0 saturated carbocycles. The number of hydrogen-bond acceptors (Lipinski definition) is 5. The van der Waals surface area contributed by atoms with Crippen LogP contribution in [0.5, 0.6) is 11.5 Å². The van der Waals surface area contributed by atoms with Gasteiger partial charge in [0, 0.05) is 12.2 Å². The van der Waals surface area contributed by atoms with Crippen LogP contribution in [0.1, 0.15) is 16.7 Å². The molecule has 2 aromatic carbocycles. The summed E-state index contributed by atoms with van der Waals surface area (Å²) in [6.07, 6.45) is 0. The van der Waals surface area contributed by atoms with Crippen LogP contribution >= 0.6 is 0 Å². The minimum Gasteiger partial charge on any atom is -0.504 e. The second-order valence-electron chi connectivity index (χ2n) is 4.34. The third-order valence-corrected chi connectivity index (χ3v) is 3.00. The number of nitriles is 2. The van der Waals surface area contributed by atoms with Gasteiger partial charge in [0.25, 0.3) is 0 Å². The lowest BCUT2D eigenvalue weighted by molar-refractivity contribution is 0.373. The predicted octanol–water partition coefficient (Wildman–Crippen LogP) is 2.76. The van der Waals surface area contributed by atoms with Crippen LogP contribution < -0.4 is 10.1 Å². The summed E-state index contributed by atoms with van der Waals surface area (Å²) in [5.41, 5.74) is 2.37. The summed E-state index contributed by atoms with van der Waals surface area (Å²) >= 11 is 0. The van der Waals surface area contributed by atoms with E-state index in [0.29, 0.717) is 23.4 Å². The number of methoxy groups -OCH3 is 1. The van der Waals surface area contributed by atoms with Gasteiger partial charge in [0.05, 0.1) is 18.2 Å². The first-order valence-corrected chi connectivity index (χ1v) is 6.22. The average molecular weight is 279 g/mol. The fourth-order valence-corrected chi connectivity index (χ4v) is 1.88. The molecule has 5 nitrogen and oxygen atoms in total. The van der Waals surface area contributed by atoms with Gasteiger partial charge < -0.3 is 15.2 Å². The van der Waals surface area contributed by atoms with Crippen molar-refractivity contribution in [3.8, 4) is 23.6 Å². The second kappa shape index (κ2) is 6.31. The van der Waals surface area contributed by atoms with Gasteiger partial charge >= 0.3 is 0 Å². The number of nitrogens with one attached hydrogen (secondary N) is 1. The fourth-order valence-electron chi connectivity index (χ4n) is 1.88. The van der Waals surface area contributed by atoms with Gasteiger partial charge in [-0.25, -0.2) is 0 Å². The molecule has 0 bridgehead atoms. The van der Waals surface area contributed by atoms with Crippen molar-refractivity contribution >= 4 is 5.69 Å². The molecular weight excluding hydrogens is 266 g/mol. The zero-order valence-electron chi connectivity index (χ0n) is 11.4. The molecule has 0 atom stereocenters. The first-order valence-electron chi connectivity index (χ1n) is 6.22. The average Bonchev–Trinajstić information content (AvgIpc) is 2.53. The number of phenolic OH excluding ortho intramolecular Hbond substituents is 1. The highest BCUT2D eigenvalue weighted by Gasteiger charge is 2.05. The normalized spacial score (nSPS) is 9.48. The Hall–Kier alpha value is -3.18. The zero-order chi connectivity index (χ0) is 15.2. The van der Waals surface area contributed by atoms with Gasteiger partial charge in [-0.05, 0) is 35.9 Å². The molecule has 21 heavy (non-hydrogen) atoms. The molecule has 0 fully saturated rings. The fraction of sp³-hybridized carbons (Fsp3) is 0.125. The molecule has 104 valence electrons. The minimum atomic E-state index is 0.0892. The van der Waals surface area contributed by atoms with Crippen molar-refractivity contribution in [2.45, 2.75) is 6.54 Å². The summed E-state index contributed by atoms with van der Waals surface area (Å²) in [5, 5.41) is 30.6. The van der Waals surface area contributed by atoms with Crippen molar-refractivity contribution < 1.29 is 9.84 Å². The Morgan fingerprint density at radius 3 is 2.52 bits per heavy atom. The van der Waals surface area contributed by atoms with Crippen LogP contribution in [0, 0.1) is 22.7 Å². The maximum atomic E-state index is 9.53. The highest BCUT2D eigenvalue weighted by Crippen LogP contribution is 2.26. The monoisotopic (exact) mass is 279 g/mol. The third-order valence-electron chi connectivity index (χ3n) is 3.00. The molecule has 2 rings (SSSR count). The number of benzene rings is 2. The summed E-state index contributed by atoms with van der Waals surface area (Å²) < 4.78 is 5.05. The lowest BCUT2D eigenvalue weighted by Gasteiger charge is -2.09. The van der Waals surface area contributed by atoms with Crippen molar-refractivity contribution in [1.82, 2.24) is 0 Å². The van der Waals surface area contributed by atoms with E-state index in [1.807, 2.05) is 12.1 Å². The van der Waals surface area contributed by atoms with E-state index >= 15 is 0 Å². The Kier molecular flexibility index (Phi) is 4.28. The van der Waals surface area contributed by atoms with E-state index in [2.05, 4.69) is 5.32 Å². The van der Waals surface area contributed by atoms with Crippen molar-refractivity contribution in [1.29, 1.82) is 10.5 Å². The summed E-state index contributed by atoms with van der Waals surface area (Å²) in [4.78, 5) is 0. The Bertz CT molecular complexity index is 742. The van der Waals surface area contributed by atoms with E-state index in [-0.39, 0.29) is 5.75 Å². The SMILES string of the molecule is COc1cc(CNc2ccc(C#N)c(C#N)c2)ccc1O. The summed E-state index contributed by atoms with van der Waals surface area (Å²) in [6.45, 7) is 0.507. The molecule has 0 heterocycles. The molecule has 5 heteroatoms. The van der Waals surface area contributed by atoms with Gasteiger partial charge in [0.2, 0.25) is 0 Å². The molecule has 2 N–H and O–H groups in total. The summed E-state index contributed by atoms with van der Waals surface area (Å²) in [6, 6.07) is 14.0. The van der Waals surface area contributed by atoms with Gasteiger partial charge in [0.1, 0.15) is 12.1 Å². The van der Waals surface area contributed by atoms with Crippen molar-refractivity contribution in [2.24, 2.45) is 0 Å². The molecule has 0 aliphatic carbocycles. The Labute approximate surface area is 122 Å². The van der Waals surface area contributed by atoms with Crippen LogP contribution in [0.3, 0.4) is 0 Å². The maximum absolute atomic E-state index is 9.53. The zero-order valence-corrected chi connectivity index (χ0v) is 11.4. The number of phenols is 1. The molecule has 0 unspecified atom stereocenters. The number of ether oxygens (including phenoxy) is 1. The van der Waals surface area contributed by atoms with E-state index in [4.69, 9.17) is 15.3 Å². The largest absolute Gasteiger partial charge is 0.504 e. The molecule has 2 aromatic rings. The molecule has 0 saturated heterocycles. The van der Waals surface area contributed by atoms with E-state index in [0.717, 1.165) is 11.3 Å². The van der Waals surface area contributed by atoms with E-state index in [1.54, 1.807) is 36.4 Å². The van der Waals surface area contributed by atoms with Gasteiger partial charge in [-0.1, -0.05) is 6.07 Å². The van der Waals surface area contributed by atoms with Crippen LogP contribution in [0.15, 0.2) is 36.4 Å². The first-order chi connectivity index (χ1) is 10.2. The maximum Gasteiger partial charge on any atom is 0.160 e. The highest BCUT2D eigenvalue weighted by atomic mass is 16.5. The third kappa shape index (κ3) is 3.23. The van der Waals surface area contributed by atoms with E-state index in [9.17, 15) is 5.11 Å². The Morgan fingerprint density at radius 2 is 1.86 bits per heavy atom. The molecule has 0 aromatic heterocycles. The van der Waals surface area contributed by atoms with Crippen LogP contribution in [0.2, 0.25) is 0 Å².